The smallest absolute Gasteiger partial charge is 0.338 e. The highest BCUT2D eigenvalue weighted by Crippen LogP contribution is 2.38. The Morgan fingerprint density at radius 1 is 0.865 bits per heavy atom. The third-order valence-corrected chi connectivity index (χ3v) is 6.45. The molecule has 37 heavy (non-hydrogen) atoms. The minimum absolute atomic E-state index is 0.0762. The maximum absolute atomic E-state index is 13.5. The molecule has 9 heteroatoms. The Morgan fingerprint density at radius 2 is 1.59 bits per heavy atom. The molecule has 0 radical (unpaired) electrons. The standard InChI is InChI=1S/C28H24N2O6S/c1-3-16-36-28(34)18-12-14-21(15-13-18)30-25(31)23(24(26(30)32)37-22-10-5-4-6-11-22)29-20-9-7-8-19(17-20)27(33)35-2/h4-15,17,29H,3,16H2,1-2H3. The molecule has 8 nitrogen and oxygen atoms in total. The number of imide groups is 1. The second kappa shape index (κ2) is 11.6. The summed E-state index contributed by atoms with van der Waals surface area (Å²) in [5, 5.41) is 3.03. The Hall–Kier alpha value is -4.37. The van der Waals surface area contributed by atoms with Crippen LogP contribution in [0.3, 0.4) is 0 Å². The first-order valence-corrected chi connectivity index (χ1v) is 12.3. The van der Waals surface area contributed by atoms with Crippen molar-refractivity contribution in [3.8, 4) is 0 Å². The van der Waals surface area contributed by atoms with Gasteiger partial charge < -0.3 is 14.8 Å². The van der Waals surface area contributed by atoms with E-state index in [1.165, 1.54) is 31.4 Å². The summed E-state index contributed by atoms with van der Waals surface area (Å²) in [5.74, 6) is -2.07. The van der Waals surface area contributed by atoms with Crippen molar-refractivity contribution in [3.63, 3.8) is 0 Å². The fourth-order valence-corrected chi connectivity index (χ4v) is 4.51. The molecule has 0 aliphatic carbocycles. The zero-order chi connectivity index (χ0) is 26.4. The van der Waals surface area contributed by atoms with E-state index < -0.39 is 23.8 Å². The average Bonchev–Trinajstić information content (AvgIpc) is 3.15. The highest BCUT2D eigenvalue weighted by atomic mass is 32.2. The Kier molecular flexibility index (Phi) is 8.05. The summed E-state index contributed by atoms with van der Waals surface area (Å²) < 4.78 is 9.92. The number of esters is 2. The maximum atomic E-state index is 13.5. The van der Waals surface area contributed by atoms with E-state index in [0.717, 1.165) is 21.6 Å². The number of nitrogens with one attached hydrogen (secondary N) is 1. The lowest BCUT2D eigenvalue weighted by molar-refractivity contribution is -0.120. The molecule has 1 heterocycles. The van der Waals surface area contributed by atoms with Gasteiger partial charge in [0.15, 0.2) is 0 Å². The van der Waals surface area contributed by atoms with Crippen LogP contribution in [0.15, 0.2) is 94.4 Å². The van der Waals surface area contributed by atoms with Gasteiger partial charge in [-0.2, -0.15) is 0 Å². The molecular formula is C28H24N2O6S. The molecule has 1 N–H and O–H groups in total. The summed E-state index contributed by atoms with van der Waals surface area (Å²) in [6.07, 6.45) is 0.701. The lowest BCUT2D eigenvalue weighted by Crippen LogP contribution is -2.32. The predicted octanol–water partition coefficient (Wildman–Crippen LogP) is 5.03. The van der Waals surface area contributed by atoms with E-state index in [0.29, 0.717) is 35.5 Å². The molecule has 0 unspecified atom stereocenters. The molecular weight excluding hydrogens is 492 g/mol. The second-order valence-corrected chi connectivity index (χ2v) is 9.03. The van der Waals surface area contributed by atoms with Crippen LogP contribution in [0, 0.1) is 0 Å². The number of nitrogens with zero attached hydrogens (tertiary/aromatic N) is 1. The van der Waals surface area contributed by atoms with Crippen molar-refractivity contribution in [1.82, 2.24) is 0 Å². The topological polar surface area (TPSA) is 102 Å². The largest absolute Gasteiger partial charge is 0.465 e. The lowest BCUT2D eigenvalue weighted by Gasteiger charge is -2.16. The zero-order valence-corrected chi connectivity index (χ0v) is 21.0. The Bertz CT molecular complexity index is 1370. The van der Waals surface area contributed by atoms with Gasteiger partial charge >= 0.3 is 11.9 Å². The van der Waals surface area contributed by atoms with Gasteiger partial charge in [0.25, 0.3) is 11.8 Å². The highest BCUT2D eigenvalue weighted by Gasteiger charge is 2.40. The van der Waals surface area contributed by atoms with Crippen LogP contribution < -0.4 is 10.2 Å². The van der Waals surface area contributed by atoms with Crippen molar-refractivity contribution in [2.75, 3.05) is 23.9 Å². The Labute approximate surface area is 218 Å². The van der Waals surface area contributed by atoms with Crippen molar-refractivity contribution in [3.05, 3.63) is 101 Å². The normalized spacial score (nSPS) is 13.1. The molecule has 0 bridgehead atoms. The van der Waals surface area contributed by atoms with E-state index in [-0.39, 0.29) is 10.6 Å². The number of thioether (sulfide) groups is 1. The molecule has 188 valence electrons. The van der Waals surface area contributed by atoms with E-state index in [2.05, 4.69) is 5.32 Å². The monoisotopic (exact) mass is 516 g/mol. The maximum Gasteiger partial charge on any atom is 0.338 e. The highest BCUT2D eigenvalue weighted by molar-refractivity contribution is 8.04. The number of hydrogen-bond acceptors (Lipinski definition) is 8. The van der Waals surface area contributed by atoms with Crippen LogP contribution in [-0.2, 0) is 19.1 Å². The van der Waals surface area contributed by atoms with Crippen molar-refractivity contribution in [2.24, 2.45) is 0 Å². The average molecular weight is 517 g/mol. The number of carbonyl (C=O) groups is 4. The molecule has 0 saturated carbocycles. The number of methoxy groups -OCH3 is 1. The molecule has 0 saturated heterocycles. The van der Waals surface area contributed by atoms with Gasteiger partial charge in [0.05, 0.1) is 30.5 Å². The van der Waals surface area contributed by atoms with Gasteiger partial charge in [-0.25, -0.2) is 14.5 Å². The van der Waals surface area contributed by atoms with Crippen LogP contribution >= 0.6 is 11.8 Å². The number of anilines is 2. The molecule has 3 aromatic rings. The van der Waals surface area contributed by atoms with Crippen LogP contribution in [0.1, 0.15) is 34.1 Å². The Balaban J connectivity index is 1.66. The van der Waals surface area contributed by atoms with E-state index in [9.17, 15) is 19.2 Å². The number of ether oxygens (including phenoxy) is 2. The quantitative estimate of drug-likeness (QED) is 0.312. The van der Waals surface area contributed by atoms with Gasteiger partial charge in [0.2, 0.25) is 0 Å². The molecule has 0 atom stereocenters. The predicted molar refractivity (Wildman–Crippen MR) is 140 cm³/mol. The van der Waals surface area contributed by atoms with Crippen molar-refractivity contribution in [1.29, 1.82) is 0 Å². The summed E-state index contributed by atoms with van der Waals surface area (Å²) in [7, 11) is 1.28. The lowest BCUT2D eigenvalue weighted by atomic mass is 10.2. The van der Waals surface area contributed by atoms with E-state index in [1.807, 2.05) is 37.3 Å². The Morgan fingerprint density at radius 3 is 2.27 bits per heavy atom. The minimum atomic E-state index is -0.562. The van der Waals surface area contributed by atoms with Gasteiger partial charge in [0, 0.05) is 10.6 Å². The molecule has 1 aliphatic rings. The summed E-state index contributed by atoms with van der Waals surface area (Å²) in [4.78, 5) is 53.2. The summed E-state index contributed by atoms with van der Waals surface area (Å²) in [5.41, 5.74) is 1.45. The van der Waals surface area contributed by atoms with Gasteiger partial charge in [-0.1, -0.05) is 43.0 Å². The number of rotatable bonds is 9. The van der Waals surface area contributed by atoms with Crippen molar-refractivity contribution in [2.45, 2.75) is 18.2 Å². The molecule has 0 aromatic heterocycles. The minimum Gasteiger partial charge on any atom is -0.465 e. The molecule has 3 aromatic carbocycles. The van der Waals surface area contributed by atoms with E-state index in [4.69, 9.17) is 9.47 Å². The van der Waals surface area contributed by atoms with Gasteiger partial charge in [-0.05, 0) is 61.0 Å². The van der Waals surface area contributed by atoms with Crippen LogP contribution in [0.4, 0.5) is 11.4 Å². The summed E-state index contributed by atoms with van der Waals surface area (Å²) >= 11 is 1.16. The van der Waals surface area contributed by atoms with Crippen molar-refractivity contribution < 1.29 is 28.7 Å². The van der Waals surface area contributed by atoms with Gasteiger partial charge in [-0.15, -0.1) is 0 Å². The third kappa shape index (κ3) is 5.73. The van der Waals surface area contributed by atoms with Crippen LogP contribution in [0.5, 0.6) is 0 Å². The zero-order valence-electron chi connectivity index (χ0n) is 20.2. The number of hydrogen-bond donors (Lipinski definition) is 1. The summed E-state index contributed by atoms with van der Waals surface area (Å²) in [6, 6.07) is 21.8. The van der Waals surface area contributed by atoms with E-state index in [1.54, 1.807) is 24.3 Å². The van der Waals surface area contributed by atoms with Gasteiger partial charge in [-0.3, -0.25) is 9.59 Å². The van der Waals surface area contributed by atoms with Gasteiger partial charge in [0.1, 0.15) is 10.6 Å². The number of amides is 2. The fourth-order valence-electron chi connectivity index (χ4n) is 3.57. The number of carbonyl (C=O) groups excluding carboxylic acids is 4. The summed E-state index contributed by atoms with van der Waals surface area (Å²) in [6.45, 7) is 2.20. The first-order valence-electron chi connectivity index (χ1n) is 11.5. The third-order valence-electron chi connectivity index (χ3n) is 5.36. The molecule has 4 rings (SSSR count). The van der Waals surface area contributed by atoms with Crippen molar-refractivity contribution >= 4 is 46.9 Å². The first-order chi connectivity index (χ1) is 17.9. The molecule has 0 spiro atoms. The molecule has 2 amide bonds. The molecule has 0 fully saturated rings. The first kappa shape index (κ1) is 25.7. The number of benzene rings is 3. The second-order valence-electron chi connectivity index (χ2n) is 7.95. The SMILES string of the molecule is CCCOC(=O)c1ccc(N2C(=O)C(Nc3cccc(C(=O)OC)c3)=C(Sc3ccccc3)C2=O)cc1. The van der Waals surface area contributed by atoms with Crippen LogP contribution in [0.25, 0.3) is 0 Å². The van der Waals surface area contributed by atoms with Crippen LogP contribution in [-0.4, -0.2) is 37.5 Å². The molecule has 1 aliphatic heterocycles. The van der Waals surface area contributed by atoms with Crippen LogP contribution in [0.2, 0.25) is 0 Å². The fraction of sp³-hybridized carbons (Fsp3) is 0.143. The van der Waals surface area contributed by atoms with E-state index >= 15 is 0 Å².